The van der Waals surface area contributed by atoms with Gasteiger partial charge in [-0.1, -0.05) is 48.5 Å². The van der Waals surface area contributed by atoms with E-state index in [1.54, 1.807) is 0 Å². The highest BCUT2D eigenvalue weighted by molar-refractivity contribution is 6.02. The summed E-state index contributed by atoms with van der Waals surface area (Å²) in [5.41, 5.74) is 3.67. The first-order valence-corrected chi connectivity index (χ1v) is 10.9. The number of para-hydroxylation sites is 1. The second-order valence-corrected chi connectivity index (χ2v) is 8.78. The lowest BCUT2D eigenvalue weighted by molar-refractivity contribution is -0.135. The molecule has 2 heterocycles. The molecule has 2 amide bonds. The van der Waals surface area contributed by atoms with E-state index in [0.717, 1.165) is 57.4 Å². The lowest BCUT2D eigenvalue weighted by Crippen LogP contribution is -2.41. The van der Waals surface area contributed by atoms with Crippen molar-refractivity contribution in [2.75, 3.05) is 24.5 Å². The molecule has 1 saturated carbocycles. The molecule has 0 spiro atoms. The summed E-state index contributed by atoms with van der Waals surface area (Å²) in [6.07, 6.45) is 4.86. The summed E-state index contributed by atoms with van der Waals surface area (Å²) in [4.78, 5) is 29.8. The van der Waals surface area contributed by atoms with Crippen LogP contribution >= 0.6 is 0 Å². The smallest absolute Gasteiger partial charge is 0.230 e. The second kappa shape index (κ2) is 7.66. The Morgan fingerprint density at radius 1 is 0.828 bits per heavy atom. The minimum atomic E-state index is -0.115. The molecule has 150 valence electrons. The summed E-state index contributed by atoms with van der Waals surface area (Å²) in [5.74, 6) is 0.789. The van der Waals surface area contributed by atoms with Crippen molar-refractivity contribution in [3.63, 3.8) is 0 Å². The van der Waals surface area contributed by atoms with Crippen molar-refractivity contribution in [2.45, 2.75) is 32.1 Å². The van der Waals surface area contributed by atoms with Crippen molar-refractivity contribution >= 4 is 17.5 Å². The van der Waals surface area contributed by atoms with Gasteiger partial charge in [-0.2, -0.15) is 0 Å². The van der Waals surface area contributed by atoms with Crippen LogP contribution in [0.1, 0.15) is 30.4 Å². The minimum Gasteiger partial charge on any atom is -0.342 e. The van der Waals surface area contributed by atoms with Crippen molar-refractivity contribution in [1.82, 2.24) is 4.90 Å². The monoisotopic (exact) mass is 388 g/mol. The number of amides is 2. The van der Waals surface area contributed by atoms with E-state index in [-0.39, 0.29) is 23.7 Å². The predicted octanol–water partition coefficient (Wildman–Crippen LogP) is 3.69. The molecule has 2 aromatic carbocycles. The number of benzene rings is 2. The number of hydrogen-bond donors (Lipinski definition) is 0. The largest absolute Gasteiger partial charge is 0.342 e. The van der Waals surface area contributed by atoms with Crippen LogP contribution in [-0.4, -0.2) is 36.3 Å². The van der Waals surface area contributed by atoms with E-state index in [4.69, 9.17) is 0 Å². The van der Waals surface area contributed by atoms with Gasteiger partial charge in [0.05, 0.1) is 11.8 Å². The number of carbonyl (C=O) groups is 2. The summed E-state index contributed by atoms with van der Waals surface area (Å²) in [7, 11) is 0. The maximum atomic E-state index is 13.0. The van der Waals surface area contributed by atoms with Gasteiger partial charge < -0.3 is 9.80 Å². The van der Waals surface area contributed by atoms with Crippen LogP contribution in [-0.2, 0) is 22.4 Å². The van der Waals surface area contributed by atoms with Crippen LogP contribution in [0.15, 0.2) is 54.6 Å². The first kappa shape index (κ1) is 18.4. The molecule has 2 aromatic rings. The van der Waals surface area contributed by atoms with E-state index < -0.39 is 0 Å². The average Bonchev–Trinajstić information content (AvgIpc) is 3.45. The lowest BCUT2D eigenvalue weighted by Gasteiger charge is -2.32. The van der Waals surface area contributed by atoms with E-state index in [2.05, 4.69) is 36.4 Å². The Hall–Kier alpha value is -2.62. The van der Waals surface area contributed by atoms with Gasteiger partial charge >= 0.3 is 0 Å². The Labute approximate surface area is 172 Å². The summed E-state index contributed by atoms with van der Waals surface area (Å²) >= 11 is 0. The molecular weight excluding hydrogens is 360 g/mol. The van der Waals surface area contributed by atoms with Crippen molar-refractivity contribution in [3.05, 3.63) is 65.7 Å². The molecular formula is C25H28N2O2. The van der Waals surface area contributed by atoms with Crippen molar-refractivity contribution in [2.24, 2.45) is 17.8 Å². The molecule has 1 saturated heterocycles. The molecule has 2 fully saturated rings. The van der Waals surface area contributed by atoms with Gasteiger partial charge in [0.25, 0.3) is 0 Å². The zero-order valence-corrected chi connectivity index (χ0v) is 16.8. The minimum absolute atomic E-state index is 0.0964. The third kappa shape index (κ3) is 3.68. The van der Waals surface area contributed by atoms with Crippen LogP contribution in [0.4, 0.5) is 5.69 Å². The summed E-state index contributed by atoms with van der Waals surface area (Å²) in [6.45, 7) is 2.42. The number of fused-ring (bicyclic) bond motifs is 1. The Kier molecular flexibility index (Phi) is 4.86. The average molecular weight is 389 g/mol. The highest BCUT2D eigenvalue weighted by atomic mass is 16.2. The van der Waals surface area contributed by atoms with Crippen molar-refractivity contribution < 1.29 is 9.59 Å². The number of anilines is 1. The van der Waals surface area contributed by atoms with E-state index in [1.807, 2.05) is 28.0 Å². The molecule has 4 heteroatoms. The Morgan fingerprint density at radius 3 is 2.31 bits per heavy atom. The van der Waals surface area contributed by atoms with Gasteiger partial charge in [0.15, 0.2) is 0 Å². The number of rotatable bonds is 4. The topological polar surface area (TPSA) is 40.6 Å². The third-order valence-electron chi connectivity index (χ3n) is 6.87. The van der Waals surface area contributed by atoms with Crippen LogP contribution < -0.4 is 4.90 Å². The highest BCUT2D eigenvalue weighted by Gasteiger charge is 2.51. The summed E-state index contributed by atoms with van der Waals surface area (Å²) < 4.78 is 0. The number of likely N-dealkylation sites (tertiary alicyclic amines) is 1. The predicted molar refractivity (Wildman–Crippen MR) is 114 cm³/mol. The van der Waals surface area contributed by atoms with Crippen LogP contribution in [0, 0.1) is 17.8 Å². The van der Waals surface area contributed by atoms with Crippen LogP contribution in [0.3, 0.4) is 0 Å². The van der Waals surface area contributed by atoms with Gasteiger partial charge in [-0.05, 0) is 55.2 Å². The Morgan fingerprint density at radius 2 is 1.52 bits per heavy atom. The zero-order valence-electron chi connectivity index (χ0n) is 16.8. The Bertz CT molecular complexity index is 902. The molecule has 2 atom stereocenters. The summed E-state index contributed by atoms with van der Waals surface area (Å²) in [5, 5.41) is 0. The molecule has 2 aliphatic heterocycles. The van der Waals surface area contributed by atoms with Gasteiger partial charge in [-0.25, -0.2) is 0 Å². The standard InChI is InChI=1S/C25H28N2O2/c28-24(26-13-10-19(11-14-26)16-18-6-2-1-3-7-18)21-17-22(21)25(29)27-15-12-20-8-4-5-9-23(20)27/h1-9,19,21-22H,10-17H2. The SMILES string of the molecule is O=C(C1CC1C(=O)N1CCc2ccccc21)N1CCC(Cc2ccccc2)CC1. The van der Waals surface area contributed by atoms with Gasteiger partial charge in [-0.15, -0.1) is 0 Å². The maximum Gasteiger partial charge on any atom is 0.230 e. The fourth-order valence-electron chi connectivity index (χ4n) is 5.05. The van der Waals surface area contributed by atoms with E-state index in [1.165, 1.54) is 11.1 Å². The van der Waals surface area contributed by atoms with Gasteiger partial charge in [-0.3, -0.25) is 9.59 Å². The normalized spacial score (nSPS) is 23.7. The van der Waals surface area contributed by atoms with E-state index in [0.29, 0.717) is 5.92 Å². The molecule has 1 aliphatic carbocycles. The number of nitrogens with zero attached hydrogens (tertiary/aromatic N) is 2. The Balaban J connectivity index is 1.14. The number of hydrogen-bond acceptors (Lipinski definition) is 2. The third-order valence-corrected chi connectivity index (χ3v) is 6.87. The highest BCUT2D eigenvalue weighted by Crippen LogP contribution is 2.44. The van der Waals surface area contributed by atoms with Crippen LogP contribution in [0.25, 0.3) is 0 Å². The summed E-state index contributed by atoms with van der Waals surface area (Å²) in [6, 6.07) is 18.8. The molecule has 2 unspecified atom stereocenters. The van der Waals surface area contributed by atoms with E-state index in [9.17, 15) is 9.59 Å². The van der Waals surface area contributed by atoms with E-state index >= 15 is 0 Å². The fraction of sp³-hybridized carbons (Fsp3) is 0.440. The van der Waals surface area contributed by atoms with Gasteiger partial charge in [0.1, 0.15) is 0 Å². The molecule has 4 nitrogen and oxygen atoms in total. The lowest BCUT2D eigenvalue weighted by atomic mass is 9.90. The second-order valence-electron chi connectivity index (χ2n) is 8.78. The molecule has 0 bridgehead atoms. The molecule has 3 aliphatic rings. The van der Waals surface area contributed by atoms with Gasteiger partial charge in [0, 0.05) is 25.3 Å². The van der Waals surface area contributed by atoms with Crippen molar-refractivity contribution in [1.29, 1.82) is 0 Å². The first-order valence-electron chi connectivity index (χ1n) is 10.9. The first-order chi connectivity index (χ1) is 14.2. The molecule has 0 N–H and O–H groups in total. The molecule has 0 radical (unpaired) electrons. The fourth-order valence-corrected chi connectivity index (χ4v) is 5.05. The molecule has 5 rings (SSSR count). The van der Waals surface area contributed by atoms with Crippen LogP contribution in [0.2, 0.25) is 0 Å². The maximum absolute atomic E-state index is 13.0. The van der Waals surface area contributed by atoms with Crippen molar-refractivity contribution in [3.8, 4) is 0 Å². The molecule has 29 heavy (non-hydrogen) atoms. The quantitative estimate of drug-likeness (QED) is 0.801. The van der Waals surface area contributed by atoms with Gasteiger partial charge in [0.2, 0.25) is 11.8 Å². The number of piperidine rings is 1. The zero-order chi connectivity index (χ0) is 19.8. The number of carbonyl (C=O) groups excluding carboxylic acids is 2. The molecule has 0 aromatic heterocycles. The van der Waals surface area contributed by atoms with Crippen LogP contribution in [0.5, 0.6) is 0 Å².